The minimum absolute atomic E-state index is 0.0317. The van der Waals surface area contributed by atoms with Gasteiger partial charge in [-0.3, -0.25) is 4.79 Å². The predicted octanol–water partition coefficient (Wildman–Crippen LogP) is -0.987. The second-order valence-electron chi connectivity index (χ2n) is 3.73. The van der Waals surface area contributed by atoms with E-state index in [9.17, 15) is 4.79 Å². The lowest BCUT2D eigenvalue weighted by atomic mass is 10.1. The summed E-state index contributed by atoms with van der Waals surface area (Å²) in [4.78, 5) is 11.7. The second kappa shape index (κ2) is 5.85. The first-order chi connectivity index (χ1) is 7.17. The Morgan fingerprint density at radius 3 is 2.93 bits per heavy atom. The van der Waals surface area contributed by atoms with Crippen molar-refractivity contribution in [2.75, 3.05) is 20.3 Å². The number of amides is 1. The van der Waals surface area contributed by atoms with Crippen molar-refractivity contribution < 1.29 is 14.6 Å². The fourth-order valence-corrected chi connectivity index (χ4v) is 1.57. The number of carbonyl (C=O) groups is 1. The minimum Gasteiger partial charge on any atom is -0.394 e. The Kier molecular flexibility index (Phi) is 4.74. The Morgan fingerprint density at radius 2 is 2.47 bits per heavy atom. The number of rotatable bonds is 5. The summed E-state index contributed by atoms with van der Waals surface area (Å²) in [6, 6.07) is -0.372. The zero-order chi connectivity index (χ0) is 11.3. The van der Waals surface area contributed by atoms with Crippen LogP contribution in [0.4, 0.5) is 0 Å². The van der Waals surface area contributed by atoms with Crippen LogP contribution in [0.2, 0.25) is 0 Å². The van der Waals surface area contributed by atoms with Crippen molar-refractivity contribution in [3.63, 3.8) is 0 Å². The SMILES string of the molecule is COCC(CO)NC(=O)C1C=CC(N)C1. The highest BCUT2D eigenvalue weighted by Gasteiger charge is 2.24. The molecule has 5 nitrogen and oxygen atoms in total. The van der Waals surface area contributed by atoms with Crippen LogP contribution in [0.15, 0.2) is 12.2 Å². The quantitative estimate of drug-likeness (QED) is 0.513. The summed E-state index contributed by atoms with van der Waals surface area (Å²) in [5, 5.41) is 11.7. The fraction of sp³-hybridized carbons (Fsp3) is 0.700. The molecule has 86 valence electrons. The molecule has 1 aliphatic carbocycles. The van der Waals surface area contributed by atoms with Gasteiger partial charge in [-0.1, -0.05) is 12.2 Å². The molecule has 1 amide bonds. The van der Waals surface area contributed by atoms with Gasteiger partial charge >= 0.3 is 0 Å². The highest BCUT2D eigenvalue weighted by molar-refractivity contribution is 5.81. The van der Waals surface area contributed by atoms with Gasteiger partial charge in [0, 0.05) is 13.2 Å². The lowest BCUT2D eigenvalue weighted by Gasteiger charge is -2.17. The predicted molar refractivity (Wildman–Crippen MR) is 56.1 cm³/mol. The topological polar surface area (TPSA) is 84.6 Å². The van der Waals surface area contributed by atoms with E-state index in [-0.39, 0.29) is 30.5 Å². The van der Waals surface area contributed by atoms with E-state index in [1.807, 2.05) is 6.08 Å². The maximum Gasteiger partial charge on any atom is 0.227 e. The van der Waals surface area contributed by atoms with Gasteiger partial charge in [-0.15, -0.1) is 0 Å². The number of hydrogen-bond acceptors (Lipinski definition) is 4. The molecule has 0 bridgehead atoms. The van der Waals surface area contributed by atoms with Gasteiger partial charge in [-0.2, -0.15) is 0 Å². The Morgan fingerprint density at radius 1 is 1.73 bits per heavy atom. The van der Waals surface area contributed by atoms with Gasteiger partial charge in [0.15, 0.2) is 0 Å². The van der Waals surface area contributed by atoms with E-state index in [4.69, 9.17) is 15.6 Å². The summed E-state index contributed by atoms with van der Waals surface area (Å²) < 4.78 is 4.86. The first-order valence-electron chi connectivity index (χ1n) is 5.01. The van der Waals surface area contributed by atoms with E-state index >= 15 is 0 Å². The summed E-state index contributed by atoms with van der Waals surface area (Å²) in [6.07, 6.45) is 4.27. The molecule has 3 atom stereocenters. The monoisotopic (exact) mass is 214 g/mol. The number of aliphatic hydroxyl groups excluding tert-OH is 1. The van der Waals surface area contributed by atoms with Gasteiger partial charge in [-0.05, 0) is 6.42 Å². The smallest absolute Gasteiger partial charge is 0.227 e. The van der Waals surface area contributed by atoms with E-state index in [1.165, 1.54) is 7.11 Å². The molecule has 0 spiro atoms. The van der Waals surface area contributed by atoms with Crippen LogP contribution < -0.4 is 11.1 Å². The molecule has 0 saturated carbocycles. The number of carbonyl (C=O) groups excluding carboxylic acids is 1. The Balaban J connectivity index is 2.37. The third kappa shape index (κ3) is 3.62. The largest absolute Gasteiger partial charge is 0.394 e. The third-order valence-electron chi connectivity index (χ3n) is 2.39. The highest BCUT2D eigenvalue weighted by Crippen LogP contribution is 2.16. The van der Waals surface area contributed by atoms with Crippen molar-refractivity contribution in [2.45, 2.75) is 18.5 Å². The number of nitrogens with one attached hydrogen (secondary N) is 1. The van der Waals surface area contributed by atoms with Crippen LogP contribution in [0.3, 0.4) is 0 Å². The van der Waals surface area contributed by atoms with E-state index in [0.29, 0.717) is 13.0 Å². The lowest BCUT2D eigenvalue weighted by Crippen LogP contribution is -2.43. The minimum atomic E-state index is -0.340. The molecule has 5 heteroatoms. The first kappa shape index (κ1) is 12.2. The number of hydrogen-bond donors (Lipinski definition) is 3. The van der Waals surface area contributed by atoms with E-state index in [1.54, 1.807) is 6.08 Å². The lowest BCUT2D eigenvalue weighted by molar-refractivity contribution is -0.125. The Labute approximate surface area is 89.3 Å². The molecule has 1 aliphatic rings. The third-order valence-corrected chi connectivity index (χ3v) is 2.39. The van der Waals surface area contributed by atoms with Crippen molar-refractivity contribution in [3.05, 3.63) is 12.2 Å². The molecule has 3 unspecified atom stereocenters. The summed E-state index contributed by atoms with van der Waals surface area (Å²) >= 11 is 0. The van der Waals surface area contributed by atoms with Crippen LogP contribution in [0.25, 0.3) is 0 Å². The summed E-state index contributed by atoms with van der Waals surface area (Å²) in [7, 11) is 1.53. The van der Waals surface area contributed by atoms with Crippen LogP contribution in [0, 0.1) is 5.92 Å². The zero-order valence-corrected chi connectivity index (χ0v) is 8.85. The van der Waals surface area contributed by atoms with Crippen molar-refractivity contribution in [2.24, 2.45) is 11.7 Å². The van der Waals surface area contributed by atoms with Gasteiger partial charge in [0.05, 0.1) is 25.2 Å². The highest BCUT2D eigenvalue weighted by atomic mass is 16.5. The fourth-order valence-electron chi connectivity index (χ4n) is 1.57. The number of aliphatic hydroxyl groups is 1. The van der Waals surface area contributed by atoms with Crippen LogP contribution in [-0.4, -0.2) is 43.4 Å². The maximum atomic E-state index is 11.7. The first-order valence-corrected chi connectivity index (χ1v) is 5.01. The van der Waals surface area contributed by atoms with Crippen LogP contribution in [-0.2, 0) is 9.53 Å². The van der Waals surface area contributed by atoms with Crippen molar-refractivity contribution in [1.29, 1.82) is 0 Å². The molecule has 15 heavy (non-hydrogen) atoms. The summed E-state index contributed by atoms with van der Waals surface area (Å²) in [6.45, 7) is 0.187. The summed E-state index contributed by atoms with van der Waals surface area (Å²) in [5.41, 5.74) is 5.64. The van der Waals surface area contributed by atoms with Crippen LogP contribution >= 0.6 is 0 Å². The second-order valence-corrected chi connectivity index (χ2v) is 3.73. The van der Waals surface area contributed by atoms with Gasteiger partial charge in [0.2, 0.25) is 5.91 Å². The Hall–Kier alpha value is -0.910. The average Bonchev–Trinajstić information content (AvgIpc) is 2.64. The average molecular weight is 214 g/mol. The zero-order valence-electron chi connectivity index (χ0n) is 8.85. The van der Waals surface area contributed by atoms with Gasteiger partial charge in [-0.25, -0.2) is 0 Å². The molecule has 0 radical (unpaired) electrons. The van der Waals surface area contributed by atoms with Crippen molar-refractivity contribution >= 4 is 5.91 Å². The normalized spacial score (nSPS) is 26.6. The molecule has 0 fully saturated rings. The van der Waals surface area contributed by atoms with E-state index in [2.05, 4.69) is 5.32 Å². The molecule has 0 heterocycles. The molecule has 1 rings (SSSR count). The van der Waals surface area contributed by atoms with Gasteiger partial charge in [0.25, 0.3) is 0 Å². The van der Waals surface area contributed by atoms with Crippen molar-refractivity contribution in [1.82, 2.24) is 5.32 Å². The van der Waals surface area contributed by atoms with Crippen LogP contribution in [0.5, 0.6) is 0 Å². The number of ether oxygens (including phenoxy) is 1. The van der Waals surface area contributed by atoms with Crippen LogP contribution in [0.1, 0.15) is 6.42 Å². The molecular formula is C10H18N2O3. The maximum absolute atomic E-state index is 11.7. The standard InChI is InChI=1S/C10H18N2O3/c1-15-6-9(5-13)12-10(14)7-2-3-8(11)4-7/h2-3,7-9,13H,4-6,11H2,1H3,(H,12,14). The summed E-state index contributed by atoms with van der Waals surface area (Å²) in [5.74, 6) is -0.277. The Bertz CT molecular complexity index is 243. The molecule has 4 N–H and O–H groups in total. The number of nitrogens with two attached hydrogens (primary N) is 1. The molecule has 0 aromatic rings. The molecule has 0 aliphatic heterocycles. The van der Waals surface area contributed by atoms with E-state index < -0.39 is 0 Å². The number of methoxy groups -OCH3 is 1. The van der Waals surface area contributed by atoms with E-state index in [0.717, 1.165) is 0 Å². The molecule has 0 aromatic carbocycles. The molecule has 0 saturated heterocycles. The molecule has 0 aromatic heterocycles. The molecular weight excluding hydrogens is 196 g/mol. The van der Waals surface area contributed by atoms with Gasteiger partial charge < -0.3 is 20.9 Å². The van der Waals surface area contributed by atoms with Crippen molar-refractivity contribution in [3.8, 4) is 0 Å². The van der Waals surface area contributed by atoms with Gasteiger partial charge in [0.1, 0.15) is 0 Å².